The summed E-state index contributed by atoms with van der Waals surface area (Å²) in [6.45, 7) is 8.91. The molecule has 0 bridgehead atoms. The predicted molar refractivity (Wildman–Crippen MR) is 89.0 cm³/mol. The van der Waals surface area contributed by atoms with Gasteiger partial charge in [0.25, 0.3) is 0 Å². The molecule has 0 fully saturated rings. The second kappa shape index (κ2) is 8.83. The van der Waals surface area contributed by atoms with Crippen molar-refractivity contribution in [2.24, 2.45) is 17.6 Å². The van der Waals surface area contributed by atoms with E-state index in [0.29, 0.717) is 12.5 Å². The number of nitrogens with two attached hydrogens (primary N) is 1. The molecule has 2 unspecified atom stereocenters. The van der Waals surface area contributed by atoms with Crippen molar-refractivity contribution in [3.63, 3.8) is 0 Å². The maximum atomic E-state index is 12.4. The molecule has 0 radical (unpaired) electrons. The predicted octanol–water partition coefficient (Wildman–Crippen LogP) is 3.44. The second-order valence-electron chi connectivity index (χ2n) is 6.05. The van der Waals surface area contributed by atoms with Crippen molar-refractivity contribution in [1.29, 1.82) is 0 Å². The molecule has 0 saturated carbocycles. The average molecular weight is 290 g/mol. The Morgan fingerprint density at radius 2 is 1.81 bits per heavy atom. The first-order valence-corrected chi connectivity index (χ1v) is 8.12. The molecule has 0 aliphatic carbocycles. The lowest BCUT2D eigenvalue weighted by Gasteiger charge is -2.25. The molecule has 3 heteroatoms. The number of aryl methyl sites for hydroxylation is 1. The van der Waals surface area contributed by atoms with Crippen LogP contribution < -0.4 is 11.1 Å². The SMILES string of the molecule is CCCC(CN)C(=O)NC(c1ccc(CC)cc1)C(C)C. The van der Waals surface area contributed by atoms with Gasteiger partial charge in [-0.2, -0.15) is 0 Å². The Morgan fingerprint density at radius 1 is 1.19 bits per heavy atom. The van der Waals surface area contributed by atoms with Crippen LogP contribution in [0.1, 0.15) is 57.7 Å². The van der Waals surface area contributed by atoms with Gasteiger partial charge in [0.05, 0.1) is 12.0 Å². The molecule has 1 aromatic carbocycles. The third kappa shape index (κ3) is 5.16. The van der Waals surface area contributed by atoms with Crippen LogP contribution in [0.5, 0.6) is 0 Å². The van der Waals surface area contributed by atoms with Gasteiger partial charge in [-0.1, -0.05) is 58.4 Å². The monoisotopic (exact) mass is 290 g/mol. The van der Waals surface area contributed by atoms with Gasteiger partial charge in [-0.25, -0.2) is 0 Å². The molecule has 1 rings (SSSR count). The fourth-order valence-electron chi connectivity index (χ4n) is 2.57. The zero-order valence-electron chi connectivity index (χ0n) is 13.9. The standard InChI is InChI=1S/C18H30N2O/c1-5-7-16(12-19)18(21)20-17(13(3)4)15-10-8-14(6-2)9-11-15/h8-11,13,16-17H,5-7,12,19H2,1-4H3,(H,20,21). The van der Waals surface area contributed by atoms with E-state index in [-0.39, 0.29) is 17.9 Å². The minimum absolute atomic E-state index is 0.0503. The van der Waals surface area contributed by atoms with Crippen LogP contribution in [0.3, 0.4) is 0 Å². The van der Waals surface area contributed by atoms with Gasteiger partial charge in [-0.15, -0.1) is 0 Å². The van der Waals surface area contributed by atoms with E-state index < -0.39 is 0 Å². The fourth-order valence-corrected chi connectivity index (χ4v) is 2.57. The number of nitrogens with one attached hydrogen (secondary N) is 1. The van der Waals surface area contributed by atoms with E-state index in [1.54, 1.807) is 0 Å². The maximum Gasteiger partial charge on any atom is 0.224 e. The summed E-state index contributed by atoms with van der Waals surface area (Å²) in [5, 5.41) is 3.19. The van der Waals surface area contributed by atoms with Gasteiger partial charge >= 0.3 is 0 Å². The molecule has 0 aromatic heterocycles. The summed E-state index contributed by atoms with van der Waals surface area (Å²) in [6.07, 6.45) is 2.86. The largest absolute Gasteiger partial charge is 0.349 e. The number of hydrogen-bond donors (Lipinski definition) is 2. The van der Waals surface area contributed by atoms with Crippen LogP contribution in [-0.2, 0) is 11.2 Å². The Labute approximate surface area is 129 Å². The van der Waals surface area contributed by atoms with Crippen molar-refractivity contribution < 1.29 is 4.79 Å². The molecule has 1 aromatic rings. The smallest absolute Gasteiger partial charge is 0.224 e. The summed E-state index contributed by atoms with van der Waals surface area (Å²) in [4.78, 5) is 12.4. The molecule has 21 heavy (non-hydrogen) atoms. The number of rotatable bonds is 8. The van der Waals surface area contributed by atoms with E-state index in [0.717, 1.165) is 19.3 Å². The minimum Gasteiger partial charge on any atom is -0.349 e. The Hall–Kier alpha value is -1.35. The lowest BCUT2D eigenvalue weighted by molar-refractivity contribution is -0.126. The zero-order chi connectivity index (χ0) is 15.8. The quantitative estimate of drug-likeness (QED) is 0.770. The normalized spacial score (nSPS) is 14.0. The first-order chi connectivity index (χ1) is 10.0. The number of carbonyl (C=O) groups is 1. The van der Waals surface area contributed by atoms with Crippen molar-refractivity contribution in [2.75, 3.05) is 6.54 Å². The number of amides is 1. The zero-order valence-corrected chi connectivity index (χ0v) is 13.9. The van der Waals surface area contributed by atoms with Gasteiger partial charge in [0, 0.05) is 6.54 Å². The molecule has 0 spiro atoms. The lowest BCUT2D eigenvalue weighted by Crippen LogP contribution is -2.39. The van der Waals surface area contributed by atoms with Gasteiger partial charge in [0.15, 0.2) is 0 Å². The summed E-state index contributed by atoms with van der Waals surface area (Å²) in [6, 6.07) is 8.59. The van der Waals surface area contributed by atoms with Crippen LogP contribution in [-0.4, -0.2) is 12.5 Å². The number of hydrogen-bond acceptors (Lipinski definition) is 2. The summed E-state index contributed by atoms with van der Waals surface area (Å²) in [7, 11) is 0. The summed E-state index contributed by atoms with van der Waals surface area (Å²) < 4.78 is 0. The van der Waals surface area contributed by atoms with Gasteiger partial charge < -0.3 is 11.1 Å². The molecule has 0 saturated heterocycles. The Kier molecular flexibility index (Phi) is 7.44. The highest BCUT2D eigenvalue weighted by molar-refractivity contribution is 5.79. The first-order valence-electron chi connectivity index (χ1n) is 8.12. The van der Waals surface area contributed by atoms with Crippen LogP contribution >= 0.6 is 0 Å². The van der Waals surface area contributed by atoms with E-state index in [4.69, 9.17) is 5.73 Å². The third-order valence-corrected chi connectivity index (χ3v) is 4.00. The topological polar surface area (TPSA) is 55.1 Å². The van der Waals surface area contributed by atoms with E-state index in [9.17, 15) is 4.79 Å². The molecule has 2 atom stereocenters. The molecule has 1 amide bonds. The van der Waals surface area contributed by atoms with Crippen molar-refractivity contribution in [2.45, 2.75) is 53.0 Å². The molecule has 3 nitrogen and oxygen atoms in total. The van der Waals surface area contributed by atoms with Crippen LogP contribution in [0.15, 0.2) is 24.3 Å². The van der Waals surface area contributed by atoms with E-state index >= 15 is 0 Å². The number of benzene rings is 1. The highest BCUT2D eigenvalue weighted by atomic mass is 16.1. The molecule has 118 valence electrons. The second-order valence-corrected chi connectivity index (χ2v) is 6.05. The van der Waals surface area contributed by atoms with Crippen molar-refractivity contribution in [3.8, 4) is 0 Å². The molecular formula is C18H30N2O. The number of carbonyl (C=O) groups excluding carboxylic acids is 1. The molecule has 3 N–H and O–H groups in total. The molecule has 0 aliphatic heterocycles. The Bertz CT molecular complexity index is 425. The highest BCUT2D eigenvalue weighted by Gasteiger charge is 2.22. The molecule has 0 heterocycles. The van der Waals surface area contributed by atoms with E-state index in [1.807, 2.05) is 0 Å². The average Bonchev–Trinajstić information content (AvgIpc) is 2.49. The molecule has 0 aliphatic rings. The van der Waals surface area contributed by atoms with Crippen LogP contribution in [0.4, 0.5) is 0 Å². The van der Waals surface area contributed by atoms with Crippen molar-refractivity contribution >= 4 is 5.91 Å². The highest BCUT2D eigenvalue weighted by Crippen LogP contribution is 2.23. The van der Waals surface area contributed by atoms with Gasteiger partial charge in [0.2, 0.25) is 5.91 Å². The van der Waals surface area contributed by atoms with Crippen LogP contribution in [0.2, 0.25) is 0 Å². The first kappa shape index (κ1) is 17.7. The van der Waals surface area contributed by atoms with Gasteiger partial charge in [0.1, 0.15) is 0 Å². The van der Waals surface area contributed by atoms with Gasteiger partial charge in [-0.05, 0) is 29.9 Å². The van der Waals surface area contributed by atoms with E-state index in [2.05, 4.69) is 57.3 Å². The summed E-state index contributed by atoms with van der Waals surface area (Å²) in [5.41, 5.74) is 8.21. The van der Waals surface area contributed by atoms with Crippen molar-refractivity contribution in [3.05, 3.63) is 35.4 Å². The fraction of sp³-hybridized carbons (Fsp3) is 0.611. The minimum atomic E-state index is -0.0776. The summed E-state index contributed by atoms with van der Waals surface area (Å²) in [5.74, 6) is 0.352. The Morgan fingerprint density at radius 3 is 2.24 bits per heavy atom. The Balaban J connectivity index is 2.83. The third-order valence-electron chi connectivity index (χ3n) is 4.00. The van der Waals surface area contributed by atoms with Gasteiger partial charge in [-0.3, -0.25) is 4.79 Å². The van der Waals surface area contributed by atoms with Crippen LogP contribution in [0.25, 0.3) is 0 Å². The van der Waals surface area contributed by atoms with Crippen molar-refractivity contribution in [1.82, 2.24) is 5.32 Å². The van der Waals surface area contributed by atoms with Crippen LogP contribution in [0, 0.1) is 11.8 Å². The lowest BCUT2D eigenvalue weighted by atomic mass is 9.93. The summed E-state index contributed by atoms with van der Waals surface area (Å²) >= 11 is 0. The molecular weight excluding hydrogens is 260 g/mol. The van der Waals surface area contributed by atoms with E-state index in [1.165, 1.54) is 11.1 Å². The maximum absolute atomic E-state index is 12.4.